The lowest BCUT2D eigenvalue weighted by atomic mass is 9.87. The van der Waals surface area contributed by atoms with Crippen LogP contribution in [0.25, 0.3) is 0 Å². The van der Waals surface area contributed by atoms with Gasteiger partial charge in [-0.25, -0.2) is 0 Å². The highest BCUT2D eigenvalue weighted by Gasteiger charge is 2.31. The monoisotopic (exact) mass is 386 g/mol. The van der Waals surface area contributed by atoms with Crippen LogP contribution in [0, 0.1) is 5.92 Å². The van der Waals surface area contributed by atoms with E-state index >= 15 is 0 Å². The number of rotatable bonds is 8. The van der Waals surface area contributed by atoms with Crippen LogP contribution in [-0.4, -0.2) is 30.0 Å². The molecule has 0 aromatic heterocycles. The summed E-state index contributed by atoms with van der Waals surface area (Å²) in [6.45, 7) is 2.33. The van der Waals surface area contributed by atoms with E-state index in [9.17, 15) is 9.59 Å². The molecular formula is C23H34N2O3. The number of carbonyl (C=O) groups excluding carboxylic acids is 2. The number of ether oxygens (including phenoxy) is 1. The highest BCUT2D eigenvalue weighted by Crippen LogP contribution is 2.26. The first kappa shape index (κ1) is 20.8. The predicted molar refractivity (Wildman–Crippen MR) is 110 cm³/mol. The van der Waals surface area contributed by atoms with Gasteiger partial charge < -0.3 is 15.4 Å². The van der Waals surface area contributed by atoms with Crippen LogP contribution in [0.5, 0.6) is 0 Å². The number of benzene rings is 1. The Hall–Kier alpha value is -1.88. The summed E-state index contributed by atoms with van der Waals surface area (Å²) in [7, 11) is 0. The van der Waals surface area contributed by atoms with Crippen molar-refractivity contribution in [3.63, 3.8) is 0 Å². The molecule has 0 saturated heterocycles. The minimum atomic E-state index is -0.508. The van der Waals surface area contributed by atoms with E-state index in [1.807, 2.05) is 30.3 Å². The maximum atomic E-state index is 12.6. The second-order valence-corrected chi connectivity index (χ2v) is 8.38. The fourth-order valence-corrected chi connectivity index (χ4v) is 4.40. The Morgan fingerprint density at radius 2 is 1.79 bits per heavy atom. The van der Waals surface area contributed by atoms with Gasteiger partial charge in [-0.3, -0.25) is 9.59 Å². The van der Waals surface area contributed by atoms with Crippen LogP contribution in [0.3, 0.4) is 0 Å². The molecule has 5 nitrogen and oxygen atoms in total. The average Bonchev–Trinajstić information content (AvgIpc) is 3.14. The number of amides is 2. The van der Waals surface area contributed by atoms with E-state index in [-0.39, 0.29) is 24.0 Å². The van der Waals surface area contributed by atoms with Crippen molar-refractivity contribution in [3.05, 3.63) is 35.9 Å². The van der Waals surface area contributed by atoms with Crippen molar-refractivity contribution >= 4 is 11.8 Å². The second-order valence-electron chi connectivity index (χ2n) is 8.38. The van der Waals surface area contributed by atoms with E-state index < -0.39 is 6.04 Å². The molecule has 0 heterocycles. The standard InChI is InChI=1S/C23H34N2O3/c1-17(24-22(26)15-18-9-4-2-5-10-18)23(27)25-20-13-8-14-21(20)28-16-19-11-6-3-7-12-19/h3,6-7,11-12,17-18,20-21H,2,4-5,8-10,13-16H2,1H3,(H,24,26)(H,25,27)/t17-,20+,21-/m0/s1. The smallest absolute Gasteiger partial charge is 0.242 e. The highest BCUT2D eigenvalue weighted by molar-refractivity contribution is 5.87. The molecule has 154 valence electrons. The van der Waals surface area contributed by atoms with Crippen molar-refractivity contribution in [1.29, 1.82) is 0 Å². The van der Waals surface area contributed by atoms with Crippen molar-refractivity contribution in [3.8, 4) is 0 Å². The van der Waals surface area contributed by atoms with Gasteiger partial charge in [-0.2, -0.15) is 0 Å². The first-order valence-electron chi connectivity index (χ1n) is 10.9. The summed E-state index contributed by atoms with van der Waals surface area (Å²) in [4.78, 5) is 24.8. The molecule has 2 N–H and O–H groups in total. The summed E-state index contributed by atoms with van der Waals surface area (Å²) in [6.07, 6.45) is 9.51. The quantitative estimate of drug-likeness (QED) is 0.716. The average molecular weight is 387 g/mol. The van der Waals surface area contributed by atoms with Gasteiger partial charge >= 0.3 is 0 Å². The van der Waals surface area contributed by atoms with Crippen molar-refractivity contribution in [1.82, 2.24) is 10.6 Å². The number of hydrogen-bond acceptors (Lipinski definition) is 3. The van der Waals surface area contributed by atoms with Crippen LogP contribution in [0.1, 0.15) is 70.3 Å². The number of carbonyl (C=O) groups is 2. The summed E-state index contributed by atoms with van der Waals surface area (Å²) in [5.41, 5.74) is 1.14. The molecule has 2 saturated carbocycles. The molecule has 0 spiro atoms. The lowest BCUT2D eigenvalue weighted by molar-refractivity contribution is -0.130. The molecule has 2 aliphatic carbocycles. The van der Waals surface area contributed by atoms with Crippen molar-refractivity contribution in [2.24, 2.45) is 5.92 Å². The lowest BCUT2D eigenvalue weighted by Crippen LogP contribution is -2.50. The minimum absolute atomic E-state index is 0.00199. The van der Waals surface area contributed by atoms with E-state index in [0.717, 1.165) is 37.7 Å². The van der Waals surface area contributed by atoms with Crippen LogP contribution >= 0.6 is 0 Å². The molecule has 5 heteroatoms. The Morgan fingerprint density at radius 3 is 2.54 bits per heavy atom. The van der Waals surface area contributed by atoms with Crippen molar-refractivity contribution in [2.45, 2.75) is 89.5 Å². The zero-order valence-electron chi connectivity index (χ0n) is 17.0. The van der Waals surface area contributed by atoms with E-state index in [1.165, 1.54) is 19.3 Å². The van der Waals surface area contributed by atoms with E-state index in [0.29, 0.717) is 18.9 Å². The fourth-order valence-electron chi connectivity index (χ4n) is 4.40. The third-order valence-corrected chi connectivity index (χ3v) is 6.06. The molecule has 0 aliphatic heterocycles. The molecule has 0 bridgehead atoms. The maximum Gasteiger partial charge on any atom is 0.242 e. The maximum absolute atomic E-state index is 12.6. The normalized spacial score (nSPS) is 23.9. The SMILES string of the molecule is C[C@H](NC(=O)CC1CCCCC1)C(=O)N[C@@H]1CCC[C@@H]1OCc1ccccc1. The van der Waals surface area contributed by atoms with Gasteiger partial charge in [-0.15, -0.1) is 0 Å². The Bertz CT molecular complexity index is 628. The predicted octanol–water partition coefficient (Wildman–Crippen LogP) is 3.72. The summed E-state index contributed by atoms with van der Waals surface area (Å²) in [6, 6.07) is 9.61. The first-order chi connectivity index (χ1) is 13.6. The Labute approximate surface area is 168 Å². The molecule has 2 aliphatic rings. The zero-order chi connectivity index (χ0) is 19.8. The first-order valence-corrected chi connectivity index (χ1v) is 10.9. The highest BCUT2D eigenvalue weighted by atomic mass is 16.5. The van der Waals surface area contributed by atoms with Gasteiger partial charge in [-0.1, -0.05) is 49.6 Å². The Balaban J connectivity index is 1.41. The molecular weight excluding hydrogens is 352 g/mol. The van der Waals surface area contributed by atoms with Gasteiger partial charge in [0.05, 0.1) is 18.8 Å². The van der Waals surface area contributed by atoms with Crippen molar-refractivity contribution in [2.75, 3.05) is 0 Å². The molecule has 3 rings (SSSR count). The minimum Gasteiger partial charge on any atom is -0.371 e. The van der Waals surface area contributed by atoms with E-state index in [2.05, 4.69) is 10.6 Å². The largest absolute Gasteiger partial charge is 0.371 e. The second kappa shape index (κ2) is 10.6. The van der Waals surface area contributed by atoms with E-state index in [1.54, 1.807) is 6.92 Å². The topological polar surface area (TPSA) is 67.4 Å². The lowest BCUT2D eigenvalue weighted by Gasteiger charge is -2.25. The third kappa shape index (κ3) is 6.33. The van der Waals surface area contributed by atoms with Crippen LogP contribution in [0.2, 0.25) is 0 Å². The number of hydrogen-bond donors (Lipinski definition) is 2. The van der Waals surface area contributed by atoms with Gasteiger partial charge in [0.25, 0.3) is 0 Å². The molecule has 2 amide bonds. The summed E-state index contributed by atoms with van der Waals surface area (Å²) in [5.74, 6) is 0.365. The molecule has 3 atom stereocenters. The Morgan fingerprint density at radius 1 is 1.04 bits per heavy atom. The number of nitrogens with one attached hydrogen (secondary N) is 2. The Kier molecular flexibility index (Phi) is 7.90. The van der Waals surface area contributed by atoms with Gasteiger partial charge in [-0.05, 0) is 50.5 Å². The molecule has 2 fully saturated rings. The summed E-state index contributed by atoms with van der Waals surface area (Å²) < 4.78 is 6.06. The van der Waals surface area contributed by atoms with Crippen LogP contribution in [0.15, 0.2) is 30.3 Å². The van der Waals surface area contributed by atoms with Crippen LogP contribution in [0.4, 0.5) is 0 Å². The van der Waals surface area contributed by atoms with Crippen LogP contribution < -0.4 is 10.6 Å². The molecule has 1 aromatic rings. The van der Waals surface area contributed by atoms with Crippen molar-refractivity contribution < 1.29 is 14.3 Å². The van der Waals surface area contributed by atoms with Crippen LogP contribution in [-0.2, 0) is 20.9 Å². The van der Waals surface area contributed by atoms with Gasteiger partial charge in [0.2, 0.25) is 11.8 Å². The molecule has 0 radical (unpaired) electrons. The zero-order valence-corrected chi connectivity index (χ0v) is 17.0. The van der Waals surface area contributed by atoms with Gasteiger partial charge in [0, 0.05) is 6.42 Å². The summed E-state index contributed by atoms with van der Waals surface area (Å²) >= 11 is 0. The third-order valence-electron chi connectivity index (χ3n) is 6.06. The molecule has 28 heavy (non-hydrogen) atoms. The van der Waals surface area contributed by atoms with Gasteiger partial charge in [0.1, 0.15) is 6.04 Å². The van der Waals surface area contributed by atoms with E-state index in [4.69, 9.17) is 4.74 Å². The molecule has 1 aromatic carbocycles. The summed E-state index contributed by atoms with van der Waals surface area (Å²) in [5, 5.41) is 5.98. The fraction of sp³-hybridized carbons (Fsp3) is 0.652. The van der Waals surface area contributed by atoms with Gasteiger partial charge in [0.15, 0.2) is 0 Å². The molecule has 0 unspecified atom stereocenters.